The Morgan fingerprint density at radius 2 is 1.59 bits per heavy atom. The van der Waals surface area contributed by atoms with E-state index in [0.717, 1.165) is 24.3 Å². The third kappa shape index (κ3) is 3.53. The van der Waals surface area contributed by atoms with Crippen LogP contribution in [0.2, 0.25) is 0 Å². The fraction of sp³-hybridized carbons (Fsp3) is 0.150. The molecule has 0 radical (unpaired) electrons. The topological polar surface area (TPSA) is 22.1 Å². The van der Waals surface area contributed by atoms with Gasteiger partial charge in [0.1, 0.15) is 5.75 Å². The van der Waals surface area contributed by atoms with Gasteiger partial charge in [-0.15, -0.1) is 0 Å². The molecular weight excluding hydrogens is 270 g/mol. The molecule has 1 heterocycles. The average Bonchev–Trinajstić information content (AvgIpc) is 2.59. The summed E-state index contributed by atoms with van der Waals surface area (Å²) in [6.45, 7) is 2.88. The second kappa shape index (κ2) is 6.90. The van der Waals surface area contributed by atoms with Gasteiger partial charge in [0.25, 0.3) is 0 Å². The minimum absolute atomic E-state index is 0.762. The van der Waals surface area contributed by atoms with Crippen LogP contribution in [0.5, 0.6) is 5.75 Å². The van der Waals surface area contributed by atoms with Crippen molar-refractivity contribution in [1.29, 1.82) is 0 Å². The third-order valence-electron chi connectivity index (χ3n) is 3.48. The zero-order chi connectivity index (χ0) is 15.2. The van der Waals surface area contributed by atoms with Crippen LogP contribution >= 0.6 is 0 Å². The summed E-state index contributed by atoms with van der Waals surface area (Å²) < 4.78 is 5.68. The normalized spacial score (nSPS) is 11.1. The van der Waals surface area contributed by atoms with E-state index in [-0.39, 0.29) is 0 Å². The van der Waals surface area contributed by atoms with Gasteiger partial charge in [-0.2, -0.15) is 0 Å². The lowest BCUT2D eigenvalue weighted by Gasteiger charge is -2.06. The van der Waals surface area contributed by atoms with E-state index in [0.29, 0.717) is 0 Å². The molecule has 0 aliphatic heterocycles. The van der Waals surface area contributed by atoms with Gasteiger partial charge in [0.05, 0.1) is 6.61 Å². The van der Waals surface area contributed by atoms with E-state index < -0.39 is 0 Å². The maximum Gasteiger partial charge on any atom is 0.119 e. The predicted molar refractivity (Wildman–Crippen MR) is 92.9 cm³/mol. The van der Waals surface area contributed by atoms with Crippen molar-refractivity contribution in [3.05, 3.63) is 72.1 Å². The van der Waals surface area contributed by atoms with E-state index in [4.69, 9.17) is 4.74 Å². The van der Waals surface area contributed by atoms with Crippen molar-refractivity contribution in [3.63, 3.8) is 0 Å². The monoisotopic (exact) mass is 289 g/mol. The Morgan fingerprint density at radius 1 is 0.864 bits per heavy atom. The highest BCUT2D eigenvalue weighted by Gasteiger charge is 1.98. The van der Waals surface area contributed by atoms with Crippen molar-refractivity contribution in [2.45, 2.75) is 13.3 Å². The molecule has 0 saturated carbocycles. The first kappa shape index (κ1) is 14.3. The molecule has 2 nitrogen and oxygen atoms in total. The summed E-state index contributed by atoms with van der Waals surface area (Å²) in [4.78, 5) is 4.02. The van der Waals surface area contributed by atoms with Gasteiger partial charge in [-0.25, -0.2) is 0 Å². The molecular formula is C20H19NO. The van der Waals surface area contributed by atoms with Crippen LogP contribution in [0.4, 0.5) is 0 Å². The number of aromatic nitrogens is 1. The Labute approximate surface area is 131 Å². The second-order valence-electron chi connectivity index (χ2n) is 5.23. The number of rotatable bonds is 5. The highest BCUT2D eigenvalue weighted by molar-refractivity contribution is 5.87. The van der Waals surface area contributed by atoms with E-state index in [2.05, 4.69) is 54.4 Å². The molecule has 3 rings (SSSR count). The molecule has 1 aromatic heterocycles. The largest absolute Gasteiger partial charge is 0.494 e. The van der Waals surface area contributed by atoms with Crippen LogP contribution in [0.3, 0.4) is 0 Å². The van der Waals surface area contributed by atoms with Gasteiger partial charge in [-0.1, -0.05) is 37.3 Å². The van der Waals surface area contributed by atoms with Crippen molar-refractivity contribution in [2.24, 2.45) is 0 Å². The number of fused-ring (bicyclic) bond motifs is 1. The van der Waals surface area contributed by atoms with Gasteiger partial charge in [0, 0.05) is 12.4 Å². The van der Waals surface area contributed by atoms with Crippen molar-refractivity contribution >= 4 is 22.9 Å². The Balaban J connectivity index is 1.82. The summed E-state index contributed by atoms with van der Waals surface area (Å²) >= 11 is 0. The number of pyridine rings is 1. The molecule has 0 N–H and O–H groups in total. The first-order valence-electron chi connectivity index (χ1n) is 7.60. The SMILES string of the molecule is CCCOc1ccc2cc(/C=C/c3ccncc3)ccc2c1. The number of hydrogen-bond acceptors (Lipinski definition) is 2. The molecule has 0 aliphatic rings. The highest BCUT2D eigenvalue weighted by atomic mass is 16.5. The number of nitrogens with zero attached hydrogens (tertiary/aromatic N) is 1. The second-order valence-corrected chi connectivity index (χ2v) is 5.23. The minimum Gasteiger partial charge on any atom is -0.494 e. The van der Waals surface area contributed by atoms with Crippen LogP contribution in [-0.2, 0) is 0 Å². The van der Waals surface area contributed by atoms with Gasteiger partial charge in [0.15, 0.2) is 0 Å². The first-order valence-corrected chi connectivity index (χ1v) is 7.60. The lowest BCUT2D eigenvalue weighted by Crippen LogP contribution is -1.94. The van der Waals surface area contributed by atoms with Crippen LogP contribution in [0.25, 0.3) is 22.9 Å². The fourth-order valence-corrected chi connectivity index (χ4v) is 2.32. The molecule has 2 aromatic carbocycles. The quantitative estimate of drug-likeness (QED) is 0.644. The molecule has 0 atom stereocenters. The van der Waals surface area contributed by atoms with Crippen molar-refractivity contribution in [2.75, 3.05) is 6.61 Å². The molecule has 0 spiro atoms. The molecule has 0 saturated heterocycles. The first-order chi connectivity index (χ1) is 10.8. The van der Waals surface area contributed by atoms with Crippen LogP contribution in [0.15, 0.2) is 60.9 Å². The zero-order valence-electron chi connectivity index (χ0n) is 12.7. The summed E-state index contributed by atoms with van der Waals surface area (Å²) in [5, 5.41) is 2.43. The van der Waals surface area contributed by atoms with Gasteiger partial charge < -0.3 is 4.74 Å². The summed E-state index contributed by atoms with van der Waals surface area (Å²) in [6.07, 6.45) is 8.85. The summed E-state index contributed by atoms with van der Waals surface area (Å²) in [7, 11) is 0. The van der Waals surface area contributed by atoms with Crippen LogP contribution in [0.1, 0.15) is 24.5 Å². The lowest BCUT2D eigenvalue weighted by molar-refractivity contribution is 0.318. The highest BCUT2D eigenvalue weighted by Crippen LogP contribution is 2.23. The number of hydrogen-bond donors (Lipinski definition) is 0. The van der Waals surface area contributed by atoms with Gasteiger partial charge in [-0.3, -0.25) is 4.98 Å². The summed E-state index contributed by atoms with van der Waals surface area (Å²) in [6, 6.07) is 16.7. The maximum absolute atomic E-state index is 5.68. The van der Waals surface area contributed by atoms with E-state index in [1.807, 2.05) is 18.2 Å². The lowest BCUT2D eigenvalue weighted by atomic mass is 10.1. The van der Waals surface area contributed by atoms with Gasteiger partial charge in [0.2, 0.25) is 0 Å². The molecule has 0 unspecified atom stereocenters. The summed E-state index contributed by atoms with van der Waals surface area (Å²) in [5.74, 6) is 0.939. The van der Waals surface area contributed by atoms with Crippen LogP contribution in [-0.4, -0.2) is 11.6 Å². The molecule has 3 aromatic rings. The Morgan fingerprint density at radius 3 is 2.41 bits per heavy atom. The molecule has 2 heteroatoms. The zero-order valence-corrected chi connectivity index (χ0v) is 12.7. The van der Waals surface area contributed by atoms with Crippen molar-refractivity contribution in [3.8, 4) is 5.75 Å². The van der Waals surface area contributed by atoms with E-state index in [9.17, 15) is 0 Å². The number of benzene rings is 2. The fourth-order valence-electron chi connectivity index (χ4n) is 2.32. The smallest absolute Gasteiger partial charge is 0.119 e. The Bertz CT molecular complexity index is 778. The van der Waals surface area contributed by atoms with Crippen LogP contribution < -0.4 is 4.74 Å². The molecule has 22 heavy (non-hydrogen) atoms. The standard InChI is InChI=1S/C20H19NO/c1-2-13-22-20-8-7-18-14-17(5-6-19(18)15-20)4-3-16-9-11-21-12-10-16/h3-12,14-15H,2,13H2,1H3/b4-3+. The average molecular weight is 289 g/mol. The van der Waals surface area contributed by atoms with Crippen molar-refractivity contribution in [1.82, 2.24) is 4.98 Å². The van der Waals surface area contributed by atoms with Crippen molar-refractivity contribution < 1.29 is 4.74 Å². The molecule has 0 bridgehead atoms. The molecule has 110 valence electrons. The molecule has 0 fully saturated rings. The minimum atomic E-state index is 0.762. The van der Waals surface area contributed by atoms with E-state index in [1.165, 1.54) is 16.3 Å². The molecule has 0 aliphatic carbocycles. The van der Waals surface area contributed by atoms with E-state index in [1.54, 1.807) is 12.4 Å². The Hall–Kier alpha value is -2.61. The van der Waals surface area contributed by atoms with E-state index >= 15 is 0 Å². The Kier molecular flexibility index (Phi) is 4.50. The van der Waals surface area contributed by atoms with Gasteiger partial charge >= 0.3 is 0 Å². The number of ether oxygens (including phenoxy) is 1. The molecule has 0 amide bonds. The summed E-state index contributed by atoms with van der Waals surface area (Å²) in [5.41, 5.74) is 2.34. The van der Waals surface area contributed by atoms with Gasteiger partial charge in [-0.05, 0) is 58.7 Å². The predicted octanol–water partition coefficient (Wildman–Crippen LogP) is 5.19. The van der Waals surface area contributed by atoms with Crippen LogP contribution in [0, 0.1) is 0 Å². The maximum atomic E-state index is 5.68. The third-order valence-corrected chi connectivity index (χ3v) is 3.48.